The van der Waals surface area contributed by atoms with Gasteiger partial charge in [-0.3, -0.25) is 4.90 Å². The maximum atomic E-state index is 9.80. The number of hydrogen-bond acceptors (Lipinski definition) is 5. The zero-order chi connectivity index (χ0) is 13.1. The Hall–Kier alpha value is -1.46. The molecule has 2 rings (SSSR count). The van der Waals surface area contributed by atoms with Crippen molar-refractivity contribution in [2.75, 3.05) is 25.9 Å². The molecule has 0 saturated carbocycles. The average molecular weight is 252 g/mol. The molecule has 1 aliphatic rings. The maximum absolute atomic E-state index is 9.80. The molecule has 18 heavy (non-hydrogen) atoms. The molecule has 5 nitrogen and oxygen atoms in total. The molecule has 3 N–H and O–H groups in total. The largest absolute Gasteiger partial charge is 0.493 e. The van der Waals surface area contributed by atoms with E-state index in [1.54, 1.807) is 32.2 Å². The molecule has 0 aliphatic carbocycles. The van der Waals surface area contributed by atoms with Crippen LogP contribution >= 0.6 is 0 Å². The third kappa shape index (κ3) is 2.68. The molecule has 0 amide bonds. The minimum atomic E-state index is -0.573. The Morgan fingerprint density at radius 1 is 1.33 bits per heavy atom. The molecule has 1 saturated heterocycles. The van der Waals surface area contributed by atoms with Gasteiger partial charge in [0, 0.05) is 24.8 Å². The first kappa shape index (κ1) is 13.0. The third-order valence-electron chi connectivity index (χ3n) is 3.10. The second-order valence-corrected chi connectivity index (χ2v) is 4.55. The molecule has 0 bridgehead atoms. The maximum Gasteiger partial charge on any atom is 0.178 e. The number of benzene rings is 1. The number of anilines is 1. The summed E-state index contributed by atoms with van der Waals surface area (Å²) in [6, 6.07) is 5.24. The summed E-state index contributed by atoms with van der Waals surface area (Å²) in [5.74, 6) is 1.19. The lowest BCUT2D eigenvalue weighted by Gasteiger charge is -2.39. The first-order chi connectivity index (χ1) is 8.61. The van der Waals surface area contributed by atoms with Gasteiger partial charge in [-0.2, -0.15) is 0 Å². The van der Waals surface area contributed by atoms with Gasteiger partial charge in [-0.25, -0.2) is 0 Å². The molecule has 1 heterocycles. The van der Waals surface area contributed by atoms with Crippen LogP contribution in [0.25, 0.3) is 0 Å². The van der Waals surface area contributed by atoms with Crippen molar-refractivity contribution in [2.45, 2.75) is 25.7 Å². The molecule has 5 heteroatoms. The van der Waals surface area contributed by atoms with Crippen LogP contribution in [-0.4, -0.2) is 42.5 Å². The normalized spacial score (nSPS) is 18.8. The minimum absolute atomic E-state index is 0.352. The van der Waals surface area contributed by atoms with E-state index in [-0.39, 0.29) is 6.23 Å². The van der Waals surface area contributed by atoms with Gasteiger partial charge in [-0.15, -0.1) is 0 Å². The smallest absolute Gasteiger partial charge is 0.178 e. The minimum Gasteiger partial charge on any atom is -0.493 e. The number of rotatable bonds is 5. The summed E-state index contributed by atoms with van der Waals surface area (Å²) in [7, 11) is 1.58. The molecular weight excluding hydrogens is 232 g/mol. The fraction of sp³-hybridized carbons (Fsp3) is 0.538. The van der Waals surface area contributed by atoms with E-state index >= 15 is 0 Å². The summed E-state index contributed by atoms with van der Waals surface area (Å²) < 4.78 is 11.1. The van der Waals surface area contributed by atoms with Crippen LogP contribution in [0.5, 0.6) is 11.5 Å². The fourth-order valence-corrected chi connectivity index (χ4v) is 1.99. The highest BCUT2D eigenvalue weighted by Crippen LogP contribution is 2.31. The van der Waals surface area contributed by atoms with Crippen molar-refractivity contribution < 1.29 is 14.6 Å². The van der Waals surface area contributed by atoms with E-state index in [2.05, 4.69) is 4.90 Å². The molecule has 1 aliphatic heterocycles. The molecular formula is C13H20N2O3. The Kier molecular flexibility index (Phi) is 3.93. The first-order valence-corrected chi connectivity index (χ1v) is 6.14. The molecule has 0 radical (unpaired) electrons. The number of ether oxygens (including phenoxy) is 2. The number of aliphatic hydroxyl groups is 1. The summed E-state index contributed by atoms with van der Waals surface area (Å²) in [6.07, 6.45) is 0.214. The first-order valence-electron chi connectivity index (χ1n) is 6.14. The van der Waals surface area contributed by atoms with Crippen LogP contribution in [0, 0.1) is 0 Å². The zero-order valence-corrected chi connectivity index (χ0v) is 10.8. The summed E-state index contributed by atoms with van der Waals surface area (Å²) in [5.41, 5.74) is 6.35. The van der Waals surface area contributed by atoms with Gasteiger partial charge < -0.3 is 20.3 Å². The van der Waals surface area contributed by atoms with Gasteiger partial charge in [0.2, 0.25) is 0 Å². The quantitative estimate of drug-likeness (QED) is 0.767. The van der Waals surface area contributed by atoms with E-state index in [9.17, 15) is 5.11 Å². The van der Waals surface area contributed by atoms with Crippen LogP contribution in [0.3, 0.4) is 0 Å². The Morgan fingerprint density at radius 3 is 2.56 bits per heavy atom. The number of nitrogen functional groups attached to an aromatic ring is 1. The van der Waals surface area contributed by atoms with Crippen LogP contribution in [0.1, 0.15) is 13.3 Å². The lowest BCUT2D eigenvalue weighted by Crippen LogP contribution is -2.53. The van der Waals surface area contributed by atoms with E-state index in [1.807, 2.05) is 0 Å². The Morgan fingerprint density at radius 2 is 2.06 bits per heavy atom. The van der Waals surface area contributed by atoms with E-state index in [4.69, 9.17) is 15.2 Å². The molecule has 1 unspecified atom stereocenters. The molecule has 0 spiro atoms. The van der Waals surface area contributed by atoms with E-state index in [0.29, 0.717) is 17.2 Å². The van der Waals surface area contributed by atoms with Crippen LogP contribution in [0.15, 0.2) is 18.2 Å². The van der Waals surface area contributed by atoms with Crippen molar-refractivity contribution in [1.29, 1.82) is 0 Å². The summed E-state index contributed by atoms with van der Waals surface area (Å²) in [4.78, 5) is 2.09. The van der Waals surface area contributed by atoms with Crippen LogP contribution < -0.4 is 15.2 Å². The van der Waals surface area contributed by atoms with E-state index in [1.165, 1.54) is 0 Å². The van der Waals surface area contributed by atoms with Crippen molar-refractivity contribution in [3.05, 3.63) is 18.2 Å². The zero-order valence-electron chi connectivity index (χ0n) is 10.8. The SMILES string of the molecule is COc1ccc(N)cc1OC([C@@H](C)O)N1CCC1. The fourth-order valence-electron chi connectivity index (χ4n) is 1.99. The Balaban J connectivity index is 2.17. The molecule has 2 atom stereocenters. The Bertz CT molecular complexity index is 405. The number of aliphatic hydroxyl groups excluding tert-OH is 1. The van der Waals surface area contributed by atoms with Gasteiger partial charge in [0.25, 0.3) is 0 Å². The number of hydrogen-bond donors (Lipinski definition) is 2. The van der Waals surface area contributed by atoms with Gasteiger partial charge in [0.1, 0.15) is 6.10 Å². The van der Waals surface area contributed by atoms with Gasteiger partial charge in [-0.05, 0) is 25.5 Å². The number of likely N-dealkylation sites (tertiary alicyclic amines) is 1. The van der Waals surface area contributed by atoms with Crippen LogP contribution in [0.2, 0.25) is 0 Å². The van der Waals surface area contributed by atoms with Crippen molar-refractivity contribution >= 4 is 5.69 Å². The van der Waals surface area contributed by atoms with Gasteiger partial charge >= 0.3 is 0 Å². The average Bonchev–Trinajstić information content (AvgIpc) is 2.26. The molecule has 1 aromatic rings. The summed E-state index contributed by atoms with van der Waals surface area (Å²) >= 11 is 0. The predicted molar refractivity (Wildman–Crippen MR) is 69.7 cm³/mol. The standard InChI is InChI=1S/C13H20N2O3/c1-9(16)13(15-6-3-7-15)18-12-8-10(14)4-5-11(12)17-2/h4-5,8-9,13,16H,3,6-7,14H2,1-2H3/t9-,13?/m1/s1. The number of nitrogens with zero attached hydrogens (tertiary/aromatic N) is 1. The van der Waals surface area contributed by atoms with E-state index in [0.717, 1.165) is 19.5 Å². The van der Waals surface area contributed by atoms with Gasteiger partial charge in [-0.1, -0.05) is 0 Å². The molecule has 100 valence electrons. The highest BCUT2D eigenvalue weighted by atomic mass is 16.5. The van der Waals surface area contributed by atoms with Gasteiger partial charge in [0.05, 0.1) is 7.11 Å². The summed E-state index contributed by atoms with van der Waals surface area (Å²) in [5, 5.41) is 9.80. The highest BCUT2D eigenvalue weighted by Gasteiger charge is 2.30. The van der Waals surface area contributed by atoms with Crippen molar-refractivity contribution in [1.82, 2.24) is 4.90 Å². The molecule has 1 fully saturated rings. The monoisotopic (exact) mass is 252 g/mol. The van der Waals surface area contributed by atoms with Gasteiger partial charge in [0.15, 0.2) is 17.7 Å². The second-order valence-electron chi connectivity index (χ2n) is 4.55. The lowest BCUT2D eigenvalue weighted by atomic mass is 10.2. The van der Waals surface area contributed by atoms with Crippen LogP contribution in [0.4, 0.5) is 5.69 Å². The lowest BCUT2D eigenvalue weighted by molar-refractivity contribution is -0.0846. The molecule has 1 aromatic carbocycles. The second kappa shape index (κ2) is 5.46. The predicted octanol–water partition coefficient (Wildman–Crippen LogP) is 1.07. The third-order valence-corrected chi connectivity index (χ3v) is 3.10. The topological polar surface area (TPSA) is 68.0 Å². The van der Waals surface area contributed by atoms with Crippen molar-refractivity contribution in [2.24, 2.45) is 0 Å². The molecule has 0 aromatic heterocycles. The van der Waals surface area contributed by atoms with E-state index < -0.39 is 6.10 Å². The van der Waals surface area contributed by atoms with Crippen molar-refractivity contribution in [3.8, 4) is 11.5 Å². The number of nitrogens with two attached hydrogens (primary N) is 1. The van der Waals surface area contributed by atoms with Crippen molar-refractivity contribution in [3.63, 3.8) is 0 Å². The van der Waals surface area contributed by atoms with Crippen LogP contribution in [-0.2, 0) is 0 Å². The summed E-state index contributed by atoms with van der Waals surface area (Å²) in [6.45, 7) is 3.61. The highest BCUT2D eigenvalue weighted by molar-refractivity contribution is 5.52. The Labute approximate surface area is 107 Å². The number of methoxy groups -OCH3 is 1.